The van der Waals surface area contributed by atoms with Gasteiger partial charge in [0, 0.05) is 28.6 Å². The molecule has 2 aromatic rings. The lowest BCUT2D eigenvalue weighted by Crippen LogP contribution is -2.37. The van der Waals surface area contributed by atoms with Gasteiger partial charge in [0.05, 0.1) is 0 Å². The van der Waals surface area contributed by atoms with Gasteiger partial charge in [0.1, 0.15) is 0 Å². The van der Waals surface area contributed by atoms with Gasteiger partial charge in [-0.15, -0.1) is 0 Å². The molecule has 0 spiro atoms. The minimum Gasteiger partial charge on any atom is -0.358 e. The number of benzene rings is 1. The number of rotatable bonds is 2. The number of H-pyrrole nitrogens is 1. The molecule has 1 atom stereocenters. The molecule has 1 amide bonds. The number of fused-ring (bicyclic) bond motifs is 3. The van der Waals surface area contributed by atoms with Crippen LogP contribution in [0.25, 0.3) is 10.9 Å². The van der Waals surface area contributed by atoms with Crippen molar-refractivity contribution >= 4 is 16.8 Å². The fraction of sp³-hybridized carbons (Fsp3) is 0.438. The smallest absolute Gasteiger partial charge is 0.223 e. The van der Waals surface area contributed by atoms with Gasteiger partial charge < -0.3 is 10.3 Å². The Bertz CT molecular complexity index is 612. The normalized spacial score (nSPS) is 18.6. The number of amides is 1. The Labute approximate surface area is 113 Å². The molecule has 0 bridgehead atoms. The van der Waals surface area contributed by atoms with Crippen molar-refractivity contribution in [3.05, 3.63) is 35.5 Å². The summed E-state index contributed by atoms with van der Waals surface area (Å²) >= 11 is 0. The van der Waals surface area contributed by atoms with Crippen molar-refractivity contribution < 1.29 is 4.79 Å². The van der Waals surface area contributed by atoms with E-state index in [2.05, 4.69) is 28.5 Å². The first-order valence-electron chi connectivity index (χ1n) is 7.04. The van der Waals surface area contributed by atoms with Crippen LogP contribution in [-0.4, -0.2) is 16.9 Å². The van der Waals surface area contributed by atoms with E-state index in [1.54, 1.807) is 0 Å². The number of nitrogens with one attached hydrogen (secondary N) is 2. The van der Waals surface area contributed by atoms with Crippen LogP contribution in [0, 0.1) is 5.92 Å². The van der Waals surface area contributed by atoms with E-state index in [1.807, 2.05) is 19.9 Å². The number of carbonyl (C=O) groups excluding carboxylic acids is 1. The number of para-hydroxylation sites is 1. The zero-order valence-corrected chi connectivity index (χ0v) is 11.5. The maximum atomic E-state index is 12.2. The molecule has 1 unspecified atom stereocenters. The molecule has 1 aliphatic rings. The Hall–Kier alpha value is -1.77. The molecule has 1 aromatic carbocycles. The molecule has 0 aliphatic heterocycles. The highest BCUT2D eigenvalue weighted by atomic mass is 16.1. The summed E-state index contributed by atoms with van der Waals surface area (Å²) in [7, 11) is 0. The van der Waals surface area contributed by atoms with Gasteiger partial charge in [0.25, 0.3) is 0 Å². The van der Waals surface area contributed by atoms with E-state index in [-0.39, 0.29) is 17.9 Å². The van der Waals surface area contributed by atoms with Crippen LogP contribution in [0.15, 0.2) is 24.3 Å². The van der Waals surface area contributed by atoms with Crippen molar-refractivity contribution in [3.63, 3.8) is 0 Å². The summed E-state index contributed by atoms with van der Waals surface area (Å²) in [6, 6.07) is 8.59. The second-order valence-electron chi connectivity index (χ2n) is 5.73. The molecule has 3 nitrogen and oxygen atoms in total. The van der Waals surface area contributed by atoms with Crippen LogP contribution < -0.4 is 5.32 Å². The Morgan fingerprint density at radius 1 is 1.37 bits per heavy atom. The third-order valence-electron chi connectivity index (χ3n) is 3.90. The zero-order chi connectivity index (χ0) is 13.4. The first kappa shape index (κ1) is 12.3. The van der Waals surface area contributed by atoms with Crippen molar-refractivity contribution in [2.75, 3.05) is 0 Å². The Balaban J connectivity index is 1.88. The zero-order valence-electron chi connectivity index (χ0n) is 11.5. The van der Waals surface area contributed by atoms with Crippen LogP contribution in [0.4, 0.5) is 0 Å². The van der Waals surface area contributed by atoms with Crippen molar-refractivity contribution in [2.45, 2.75) is 39.2 Å². The van der Waals surface area contributed by atoms with Crippen molar-refractivity contribution in [3.8, 4) is 0 Å². The second-order valence-corrected chi connectivity index (χ2v) is 5.73. The van der Waals surface area contributed by atoms with Crippen LogP contribution in [0.3, 0.4) is 0 Å². The number of hydrogen-bond donors (Lipinski definition) is 2. The average molecular weight is 256 g/mol. The lowest BCUT2D eigenvalue weighted by Gasteiger charge is -2.22. The van der Waals surface area contributed by atoms with Gasteiger partial charge in [0.2, 0.25) is 5.91 Å². The summed E-state index contributed by atoms with van der Waals surface area (Å²) in [5, 5.41) is 4.31. The number of aromatic amines is 1. The molecule has 1 aromatic heterocycles. The molecule has 1 heterocycles. The van der Waals surface area contributed by atoms with Crippen molar-refractivity contribution in [1.82, 2.24) is 10.3 Å². The fourth-order valence-electron chi connectivity index (χ4n) is 3.00. The predicted octanol–water partition coefficient (Wildman–Crippen LogP) is 2.80. The summed E-state index contributed by atoms with van der Waals surface area (Å²) in [4.78, 5) is 15.6. The third-order valence-corrected chi connectivity index (χ3v) is 3.90. The minimum absolute atomic E-state index is 0.120. The van der Waals surface area contributed by atoms with Gasteiger partial charge in [-0.2, -0.15) is 0 Å². The van der Waals surface area contributed by atoms with Crippen LogP contribution in [0.1, 0.15) is 31.5 Å². The van der Waals surface area contributed by atoms with E-state index in [1.165, 1.54) is 22.2 Å². The standard InChI is InChI=1S/C16H20N2O/c1-10(2)17-16(19)11-7-8-15-13(9-11)12-5-3-4-6-14(12)18-15/h3-6,10-11,18H,7-9H2,1-2H3,(H,17,19). The van der Waals surface area contributed by atoms with Crippen LogP contribution >= 0.6 is 0 Å². The molecule has 19 heavy (non-hydrogen) atoms. The lowest BCUT2D eigenvalue weighted by atomic mass is 9.85. The predicted molar refractivity (Wildman–Crippen MR) is 77.1 cm³/mol. The highest BCUT2D eigenvalue weighted by Gasteiger charge is 2.27. The monoisotopic (exact) mass is 256 g/mol. The molecule has 0 saturated carbocycles. The quantitative estimate of drug-likeness (QED) is 0.852. The van der Waals surface area contributed by atoms with E-state index in [9.17, 15) is 4.79 Å². The molecular formula is C16H20N2O. The average Bonchev–Trinajstić information content (AvgIpc) is 2.75. The van der Waals surface area contributed by atoms with Crippen LogP contribution in [0.2, 0.25) is 0 Å². The first-order chi connectivity index (χ1) is 9.15. The lowest BCUT2D eigenvalue weighted by molar-refractivity contribution is -0.125. The summed E-state index contributed by atoms with van der Waals surface area (Å²) in [5.41, 5.74) is 3.85. The second kappa shape index (κ2) is 4.72. The van der Waals surface area contributed by atoms with E-state index in [0.717, 1.165) is 19.3 Å². The summed E-state index contributed by atoms with van der Waals surface area (Å²) in [6.07, 6.45) is 2.77. The van der Waals surface area contributed by atoms with Gasteiger partial charge in [0.15, 0.2) is 0 Å². The van der Waals surface area contributed by atoms with Gasteiger partial charge in [-0.05, 0) is 44.7 Å². The molecule has 3 rings (SSSR count). The van der Waals surface area contributed by atoms with E-state index in [0.29, 0.717) is 0 Å². The molecule has 0 radical (unpaired) electrons. The topological polar surface area (TPSA) is 44.9 Å². The largest absolute Gasteiger partial charge is 0.358 e. The SMILES string of the molecule is CC(C)NC(=O)C1CCc2[nH]c3ccccc3c2C1. The number of aryl methyl sites for hydroxylation is 1. The number of aromatic nitrogens is 1. The first-order valence-corrected chi connectivity index (χ1v) is 7.04. The highest BCUT2D eigenvalue weighted by molar-refractivity contribution is 5.87. The van der Waals surface area contributed by atoms with Crippen LogP contribution in [0.5, 0.6) is 0 Å². The van der Waals surface area contributed by atoms with E-state index in [4.69, 9.17) is 0 Å². The Kier molecular flexibility index (Phi) is 3.05. The Morgan fingerprint density at radius 3 is 2.95 bits per heavy atom. The maximum Gasteiger partial charge on any atom is 0.223 e. The molecule has 0 fully saturated rings. The highest BCUT2D eigenvalue weighted by Crippen LogP contribution is 2.31. The van der Waals surface area contributed by atoms with Crippen LogP contribution in [-0.2, 0) is 17.6 Å². The minimum atomic E-state index is 0.120. The summed E-state index contributed by atoms with van der Waals surface area (Å²) < 4.78 is 0. The summed E-state index contributed by atoms with van der Waals surface area (Å²) in [5.74, 6) is 0.319. The fourth-order valence-corrected chi connectivity index (χ4v) is 3.00. The Morgan fingerprint density at radius 2 is 2.16 bits per heavy atom. The molecular weight excluding hydrogens is 236 g/mol. The van der Waals surface area contributed by atoms with Gasteiger partial charge in [-0.3, -0.25) is 4.79 Å². The number of carbonyl (C=O) groups is 1. The van der Waals surface area contributed by atoms with Crippen molar-refractivity contribution in [1.29, 1.82) is 0 Å². The van der Waals surface area contributed by atoms with Crippen molar-refractivity contribution in [2.24, 2.45) is 5.92 Å². The molecule has 2 N–H and O–H groups in total. The van der Waals surface area contributed by atoms with Gasteiger partial charge >= 0.3 is 0 Å². The summed E-state index contributed by atoms with van der Waals surface area (Å²) in [6.45, 7) is 4.02. The van der Waals surface area contributed by atoms with Gasteiger partial charge in [-0.1, -0.05) is 18.2 Å². The molecule has 100 valence electrons. The van der Waals surface area contributed by atoms with Gasteiger partial charge in [-0.25, -0.2) is 0 Å². The molecule has 1 aliphatic carbocycles. The van der Waals surface area contributed by atoms with E-state index < -0.39 is 0 Å². The molecule has 3 heteroatoms. The molecule has 0 saturated heterocycles. The third kappa shape index (κ3) is 2.25. The maximum absolute atomic E-state index is 12.2. The number of hydrogen-bond acceptors (Lipinski definition) is 1. The van der Waals surface area contributed by atoms with E-state index >= 15 is 0 Å².